The quantitative estimate of drug-likeness (QED) is 0.294. The van der Waals surface area contributed by atoms with Crippen LogP contribution in [-0.4, -0.2) is 53.3 Å². The van der Waals surface area contributed by atoms with Gasteiger partial charge in [-0.25, -0.2) is 9.98 Å². The second-order valence-corrected chi connectivity index (χ2v) is 9.00. The van der Waals surface area contributed by atoms with E-state index in [1.165, 1.54) is 18.3 Å². The monoisotopic (exact) mass is 486 g/mol. The number of likely N-dealkylation sites (tertiary alicyclic amines) is 1. The van der Waals surface area contributed by atoms with Gasteiger partial charge in [-0.05, 0) is 50.3 Å². The maximum absolute atomic E-state index is 13.3. The fourth-order valence-corrected chi connectivity index (χ4v) is 4.79. The van der Waals surface area contributed by atoms with Crippen molar-refractivity contribution in [3.8, 4) is 0 Å². The molecule has 0 unspecified atom stereocenters. The molecule has 1 saturated heterocycles. The Morgan fingerprint density at radius 1 is 1.18 bits per heavy atom. The number of carbonyl (C=O) groups is 3. The van der Waals surface area contributed by atoms with Gasteiger partial charge in [-0.2, -0.15) is 0 Å². The third-order valence-corrected chi connectivity index (χ3v) is 6.42. The molecule has 2 amide bonds. The summed E-state index contributed by atoms with van der Waals surface area (Å²) in [5.74, 6) is -0.761. The molecule has 1 aliphatic heterocycles. The first-order valence-corrected chi connectivity index (χ1v) is 12.0. The molecule has 10 nitrogen and oxygen atoms in total. The molecule has 5 N–H and O–H groups in total. The zero-order chi connectivity index (χ0) is 24.7. The van der Waals surface area contributed by atoms with Crippen molar-refractivity contribution in [1.82, 2.24) is 9.88 Å². The molecule has 0 bridgehead atoms. The summed E-state index contributed by atoms with van der Waals surface area (Å²) in [6.07, 6.45) is 2.31. The van der Waals surface area contributed by atoms with Crippen molar-refractivity contribution >= 4 is 45.9 Å². The number of benzene rings is 1. The lowest BCUT2D eigenvalue weighted by Crippen LogP contribution is -2.40. The summed E-state index contributed by atoms with van der Waals surface area (Å²) in [4.78, 5) is 47.6. The van der Waals surface area contributed by atoms with Gasteiger partial charge in [-0.3, -0.25) is 14.4 Å². The lowest BCUT2D eigenvalue weighted by Gasteiger charge is -2.30. The molecular formula is C23H30N6O4S. The standard InChI is InChI=1S/C23H30N6O4S/c1-3-33-21(32)16-10-12-29(13-11-16)20(31)19-18(28-23(34-19)26-14(2)30)9-6-15-4-7-17(8-5-15)27-22(24)25/h4-5,7-8,16H,3,6,9-13H2,1-2H3,(H4,24,25,27)(H,26,28,30). The van der Waals surface area contributed by atoms with Crippen LogP contribution in [0.25, 0.3) is 0 Å². The maximum atomic E-state index is 13.3. The molecule has 1 fully saturated rings. The van der Waals surface area contributed by atoms with Crippen molar-refractivity contribution in [1.29, 1.82) is 0 Å². The molecule has 182 valence electrons. The third-order valence-electron chi connectivity index (χ3n) is 5.42. The summed E-state index contributed by atoms with van der Waals surface area (Å²) in [7, 11) is 0. The smallest absolute Gasteiger partial charge is 0.309 e. The fourth-order valence-electron chi connectivity index (χ4n) is 3.76. The normalized spacial score (nSPS) is 13.9. The van der Waals surface area contributed by atoms with Crippen LogP contribution in [0, 0.1) is 5.92 Å². The number of nitrogens with zero attached hydrogens (tertiary/aromatic N) is 3. The van der Waals surface area contributed by atoms with Crippen LogP contribution >= 0.6 is 11.3 Å². The number of piperidine rings is 1. The lowest BCUT2D eigenvalue weighted by atomic mass is 9.97. The Hall–Kier alpha value is -3.47. The van der Waals surface area contributed by atoms with Crippen molar-refractivity contribution < 1.29 is 19.1 Å². The molecule has 11 heteroatoms. The second-order valence-electron chi connectivity index (χ2n) is 8.00. The van der Waals surface area contributed by atoms with Crippen LogP contribution in [0.4, 0.5) is 10.8 Å². The average molecular weight is 487 g/mol. The van der Waals surface area contributed by atoms with Gasteiger partial charge in [-0.1, -0.05) is 23.5 Å². The van der Waals surface area contributed by atoms with E-state index in [9.17, 15) is 14.4 Å². The molecule has 3 rings (SSSR count). The van der Waals surface area contributed by atoms with Gasteiger partial charge in [0.2, 0.25) is 5.91 Å². The van der Waals surface area contributed by atoms with Crippen molar-refractivity contribution in [2.24, 2.45) is 22.4 Å². The number of hydrogen-bond acceptors (Lipinski definition) is 7. The molecule has 34 heavy (non-hydrogen) atoms. The topological polar surface area (TPSA) is 153 Å². The number of aryl methyl sites for hydroxylation is 2. The summed E-state index contributed by atoms with van der Waals surface area (Å²) in [5, 5.41) is 3.08. The molecular weight excluding hydrogens is 456 g/mol. The van der Waals surface area contributed by atoms with Gasteiger partial charge >= 0.3 is 5.97 Å². The molecule has 0 saturated carbocycles. The highest BCUT2D eigenvalue weighted by Crippen LogP contribution is 2.28. The van der Waals surface area contributed by atoms with E-state index >= 15 is 0 Å². The summed E-state index contributed by atoms with van der Waals surface area (Å²) in [6, 6.07) is 7.48. The number of anilines is 1. The number of aromatic nitrogens is 1. The Balaban J connectivity index is 1.71. The minimum atomic E-state index is -0.245. The van der Waals surface area contributed by atoms with Gasteiger partial charge < -0.3 is 26.4 Å². The van der Waals surface area contributed by atoms with Crippen LogP contribution in [0.15, 0.2) is 29.3 Å². The summed E-state index contributed by atoms with van der Waals surface area (Å²) in [6.45, 7) is 4.49. The van der Waals surface area contributed by atoms with E-state index < -0.39 is 0 Å². The van der Waals surface area contributed by atoms with E-state index in [-0.39, 0.29) is 29.7 Å². The van der Waals surface area contributed by atoms with Gasteiger partial charge in [-0.15, -0.1) is 0 Å². The minimum absolute atomic E-state index is 0.00447. The minimum Gasteiger partial charge on any atom is -0.466 e. The fraction of sp³-hybridized carbons (Fsp3) is 0.435. The number of thiazole rings is 1. The van der Waals surface area contributed by atoms with Crippen LogP contribution in [0.1, 0.15) is 47.6 Å². The van der Waals surface area contributed by atoms with Gasteiger partial charge in [0.15, 0.2) is 11.1 Å². The van der Waals surface area contributed by atoms with Crippen molar-refractivity contribution in [3.63, 3.8) is 0 Å². The van der Waals surface area contributed by atoms with Crippen LogP contribution < -0.4 is 16.8 Å². The first-order chi connectivity index (χ1) is 16.3. The van der Waals surface area contributed by atoms with Gasteiger partial charge in [0.25, 0.3) is 5.91 Å². The number of nitrogens with two attached hydrogens (primary N) is 2. The number of amides is 2. The maximum Gasteiger partial charge on any atom is 0.309 e. The Bertz CT molecular complexity index is 1050. The molecule has 1 aliphatic rings. The predicted molar refractivity (Wildman–Crippen MR) is 131 cm³/mol. The number of esters is 1. The predicted octanol–water partition coefficient (Wildman–Crippen LogP) is 2.21. The zero-order valence-corrected chi connectivity index (χ0v) is 20.2. The number of nitrogens with one attached hydrogen (secondary N) is 1. The van der Waals surface area contributed by atoms with Crippen molar-refractivity contribution in [3.05, 3.63) is 40.4 Å². The second kappa shape index (κ2) is 11.6. The Morgan fingerprint density at radius 3 is 2.44 bits per heavy atom. The number of hydrogen-bond donors (Lipinski definition) is 3. The highest BCUT2D eigenvalue weighted by atomic mass is 32.1. The molecule has 0 radical (unpaired) electrons. The van der Waals surface area contributed by atoms with Crippen molar-refractivity contribution in [2.45, 2.75) is 39.5 Å². The average Bonchev–Trinajstić information content (AvgIpc) is 3.20. The highest BCUT2D eigenvalue weighted by molar-refractivity contribution is 7.17. The summed E-state index contributed by atoms with van der Waals surface area (Å²) < 4.78 is 5.11. The number of ether oxygens (including phenoxy) is 1. The van der Waals surface area contributed by atoms with E-state index in [2.05, 4.69) is 15.3 Å². The number of guanidine groups is 1. The molecule has 2 aromatic rings. The van der Waals surface area contributed by atoms with Crippen LogP contribution in [0.2, 0.25) is 0 Å². The first kappa shape index (κ1) is 25.2. The van der Waals surface area contributed by atoms with E-state index in [1.54, 1.807) is 11.8 Å². The Morgan fingerprint density at radius 2 is 1.85 bits per heavy atom. The lowest BCUT2D eigenvalue weighted by molar-refractivity contribution is -0.149. The van der Waals surface area contributed by atoms with Crippen LogP contribution in [0.3, 0.4) is 0 Å². The first-order valence-electron chi connectivity index (χ1n) is 11.2. The van der Waals surface area contributed by atoms with Crippen LogP contribution in [0.5, 0.6) is 0 Å². The number of rotatable bonds is 8. The highest BCUT2D eigenvalue weighted by Gasteiger charge is 2.30. The Labute approximate surface area is 202 Å². The third kappa shape index (κ3) is 6.77. The number of aliphatic imine (C=N–C) groups is 1. The molecule has 0 aliphatic carbocycles. The molecule has 0 atom stereocenters. The van der Waals surface area contributed by atoms with Gasteiger partial charge in [0, 0.05) is 20.0 Å². The molecule has 0 spiro atoms. The molecule has 1 aromatic carbocycles. The van der Waals surface area contributed by atoms with Crippen LogP contribution in [-0.2, 0) is 27.2 Å². The molecule has 2 heterocycles. The van der Waals surface area contributed by atoms with E-state index in [0.29, 0.717) is 66.8 Å². The van der Waals surface area contributed by atoms with E-state index in [0.717, 1.165) is 5.56 Å². The van der Waals surface area contributed by atoms with E-state index in [1.807, 2.05) is 24.3 Å². The zero-order valence-electron chi connectivity index (χ0n) is 19.4. The van der Waals surface area contributed by atoms with Gasteiger partial charge in [0.1, 0.15) is 4.88 Å². The summed E-state index contributed by atoms with van der Waals surface area (Å²) in [5.41, 5.74) is 13.2. The SMILES string of the molecule is CCOC(=O)C1CCN(C(=O)c2sc(NC(C)=O)nc2CCc2ccc(N=C(N)N)cc2)CC1. The number of carbonyl (C=O) groups excluding carboxylic acids is 3. The molecule has 1 aromatic heterocycles. The van der Waals surface area contributed by atoms with E-state index in [4.69, 9.17) is 16.2 Å². The van der Waals surface area contributed by atoms with Gasteiger partial charge in [0.05, 0.1) is 23.9 Å². The largest absolute Gasteiger partial charge is 0.466 e. The van der Waals surface area contributed by atoms with Crippen molar-refractivity contribution in [2.75, 3.05) is 25.0 Å². The summed E-state index contributed by atoms with van der Waals surface area (Å²) >= 11 is 1.18. The Kier molecular flexibility index (Phi) is 8.58.